The molecule has 2 nitrogen and oxygen atoms in total. The summed E-state index contributed by atoms with van der Waals surface area (Å²) in [5, 5.41) is 5.51. The fraction of sp³-hybridized carbons (Fsp3) is 0.118. The van der Waals surface area contributed by atoms with E-state index in [1.165, 1.54) is 126 Å². The highest BCUT2D eigenvalue weighted by molar-refractivity contribution is 6.72. The molecule has 0 radical (unpaired) electrons. The van der Waals surface area contributed by atoms with Crippen LogP contribution >= 0.6 is 0 Å². The number of nitrogens with zero attached hydrogens (tertiary/aromatic N) is 2. The van der Waals surface area contributed by atoms with Gasteiger partial charge in [-0.15, -0.1) is 16.4 Å². The molecule has 2 heterocycles. The Morgan fingerprint density at radius 1 is 0.417 bits per heavy atom. The molecule has 0 spiro atoms. The zero-order valence-corrected chi connectivity index (χ0v) is 31.9. The van der Waals surface area contributed by atoms with Crippen molar-refractivity contribution in [2.45, 2.75) is 26.2 Å². The second-order valence-electron chi connectivity index (χ2n) is 15.8. The van der Waals surface area contributed by atoms with Crippen molar-refractivity contribution in [1.29, 1.82) is 0 Å². The van der Waals surface area contributed by atoms with E-state index in [9.17, 15) is 0 Å². The maximum Gasteiger partial charge on any atom is 0.141 e. The smallest absolute Gasteiger partial charge is 0.141 e. The molecule has 7 rings (SSSR count). The minimum absolute atomic E-state index is 0.0644. The van der Waals surface area contributed by atoms with E-state index in [0.717, 1.165) is 0 Å². The zero-order chi connectivity index (χ0) is 34.9. The van der Waals surface area contributed by atoms with Crippen molar-refractivity contribution in [3.8, 4) is 11.4 Å². The summed E-state index contributed by atoms with van der Waals surface area (Å²) in [4.78, 5) is 0. The van der Waals surface area contributed by atoms with Crippen LogP contribution in [0.25, 0.3) is 55.0 Å². The molecule has 14 heteroatoms. The monoisotopic (exact) mass is 608 g/mol. The van der Waals surface area contributed by atoms with Crippen LogP contribution < -0.4 is 65.6 Å². The normalized spacial score (nSPS) is 12.2. The largest absolute Gasteiger partial charge is 0.310 e. The van der Waals surface area contributed by atoms with Crippen molar-refractivity contribution in [1.82, 2.24) is 9.13 Å². The van der Waals surface area contributed by atoms with Gasteiger partial charge in [0, 0.05) is 38.7 Å². The first-order chi connectivity index (χ1) is 22.5. The molecule has 0 aliphatic rings. The predicted molar refractivity (Wildman–Crippen MR) is 252 cm³/mol. The lowest BCUT2D eigenvalue weighted by Crippen LogP contribution is -2.49. The number of fused-ring (bicyclic) bond motifs is 6. The molecule has 0 amide bonds. The molecular formula is C34H40B12N2. The molecule has 5 aromatic carbocycles. The SMILES string of the molecule is Bc1c(B)c(B)c2c(c1B)c1cc(-n3c4c(B)c(B)c(B)c(B)c4c4c(B)c(B)c(B)c(B)c43)ccc1n2-c1cccc(C(C)(C)C)c1. The highest BCUT2D eigenvalue weighted by Crippen LogP contribution is 2.35. The van der Waals surface area contributed by atoms with Gasteiger partial charge in [-0.25, -0.2) is 0 Å². The zero-order valence-electron chi connectivity index (χ0n) is 31.9. The predicted octanol–water partition coefficient (Wildman–Crippen LogP) is -11.7. The summed E-state index contributed by atoms with van der Waals surface area (Å²) >= 11 is 0. The minimum Gasteiger partial charge on any atom is -0.310 e. The van der Waals surface area contributed by atoms with Crippen molar-refractivity contribution in [2.24, 2.45) is 0 Å². The first kappa shape index (κ1) is 33.0. The number of benzene rings is 5. The Morgan fingerprint density at radius 3 is 1.31 bits per heavy atom. The summed E-state index contributed by atoms with van der Waals surface area (Å²) in [5.41, 5.74) is 25.8. The van der Waals surface area contributed by atoms with Gasteiger partial charge < -0.3 is 9.13 Å². The van der Waals surface area contributed by atoms with Crippen LogP contribution in [-0.4, -0.2) is 103 Å². The standard InChI is InChI=1S/C34H40B12N2/c1-34(2,3)11-5-4-6-12(9-11)47-15-8-7-13(10-14(15)16-19(35)22(38)25(41)28(44)31(16)47)48-32-17(20(36)23(39)26(42)29(32)45)18-21(37)24(40)27(43)30(46)33(18)48/h4-10H,35-46H2,1-3H3. The van der Waals surface area contributed by atoms with Gasteiger partial charge in [0.1, 0.15) is 94.2 Å². The van der Waals surface area contributed by atoms with Crippen molar-refractivity contribution in [2.75, 3.05) is 0 Å². The van der Waals surface area contributed by atoms with Gasteiger partial charge >= 0.3 is 0 Å². The molecule has 0 fully saturated rings. The van der Waals surface area contributed by atoms with Crippen LogP contribution in [0.2, 0.25) is 0 Å². The Kier molecular flexibility index (Phi) is 7.56. The average Bonchev–Trinajstić information content (AvgIpc) is 3.60. The van der Waals surface area contributed by atoms with Crippen molar-refractivity contribution >= 4 is 203 Å². The van der Waals surface area contributed by atoms with E-state index >= 15 is 0 Å². The van der Waals surface area contributed by atoms with E-state index in [1.807, 2.05) is 0 Å². The van der Waals surface area contributed by atoms with Gasteiger partial charge in [0.15, 0.2) is 0 Å². The molecular weight excluding hydrogens is 566 g/mol. The molecule has 0 aliphatic carbocycles. The Morgan fingerprint density at radius 2 is 0.833 bits per heavy atom. The van der Waals surface area contributed by atoms with E-state index < -0.39 is 0 Å². The molecule has 0 bridgehead atoms. The van der Waals surface area contributed by atoms with Crippen LogP contribution in [0.15, 0.2) is 42.5 Å². The van der Waals surface area contributed by atoms with Crippen molar-refractivity contribution < 1.29 is 0 Å². The lowest BCUT2D eigenvalue weighted by molar-refractivity contribution is 0.590. The number of aromatic nitrogens is 2. The Hall–Kier alpha value is -3.52. The van der Waals surface area contributed by atoms with Gasteiger partial charge in [0.25, 0.3) is 0 Å². The quantitative estimate of drug-likeness (QED) is 0.173. The van der Waals surface area contributed by atoms with Gasteiger partial charge in [-0.05, 0) is 52.1 Å². The third-order valence-electron chi connectivity index (χ3n) is 12.6. The first-order valence-electron chi connectivity index (χ1n) is 17.7. The highest BCUT2D eigenvalue weighted by atomic mass is 15.0. The lowest BCUT2D eigenvalue weighted by Gasteiger charge is -2.21. The maximum atomic E-state index is 2.61. The third kappa shape index (κ3) is 4.36. The van der Waals surface area contributed by atoms with Gasteiger partial charge in [0.05, 0.1) is 5.52 Å². The summed E-state index contributed by atoms with van der Waals surface area (Å²) in [7, 11) is 27.8. The Balaban J connectivity index is 1.70. The fourth-order valence-corrected chi connectivity index (χ4v) is 8.59. The Bertz CT molecular complexity index is 2500. The second-order valence-corrected chi connectivity index (χ2v) is 15.8. The summed E-state index contributed by atoms with van der Waals surface area (Å²) < 4.78 is 5.15. The summed E-state index contributed by atoms with van der Waals surface area (Å²) in [6.45, 7) is 6.91. The van der Waals surface area contributed by atoms with Crippen molar-refractivity contribution in [3.05, 3.63) is 48.0 Å². The van der Waals surface area contributed by atoms with Gasteiger partial charge in [-0.3, -0.25) is 0 Å². The summed E-state index contributed by atoms with van der Waals surface area (Å²) in [6, 6.07) is 16.5. The van der Waals surface area contributed by atoms with E-state index in [0.29, 0.717) is 0 Å². The van der Waals surface area contributed by atoms with Crippen LogP contribution in [0.3, 0.4) is 0 Å². The second kappa shape index (κ2) is 11.0. The molecule has 0 aliphatic heterocycles. The number of rotatable bonds is 2. The van der Waals surface area contributed by atoms with Gasteiger partial charge in [0.2, 0.25) is 0 Å². The minimum atomic E-state index is 0.0644. The van der Waals surface area contributed by atoms with Crippen LogP contribution in [0, 0.1) is 0 Å². The molecule has 0 saturated carbocycles. The van der Waals surface area contributed by atoms with Gasteiger partial charge in [-0.2, -0.15) is 0 Å². The summed E-state index contributed by atoms with van der Waals surface area (Å²) in [6.07, 6.45) is 0. The highest BCUT2D eigenvalue weighted by Gasteiger charge is 2.25. The Labute approximate surface area is 296 Å². The number of hydrogen-bond acceptors (Lipinski definition) is 0. The topological polar surface area (TPSA) is 9.86 Å². The van der Waals surface area contributed by atoms with Crippen molar-refractivity contribution in [3.63, 3.8) is 0 Å². The molecule has 0 N–H and O–H groups in total. The van der Waals surface area contributed by atoms with Crippen LogP contribution in [-0.2, 0) is 5.41 Å². The molecule has 222 valence electrons. The van der Waals surface area contributed by atoms with E-state index in [-0.39, 0.29) is 5.41 Å². The fourth-order valence-electron chi connectivity index (χ4n) is 8.59. The maximum absolute atomic E-state index is 2.61. The lowest BCUT2D eigenvalue weighted by atomic mass is 9.63. The third-order valence-corrected chi connectivity index (χ3v) is 12.6. The van der Waals surface area contributed by atoms with E-state index in [2.05, 4.69) is 167 Å². The average molecular weight is 606 g/mol. The van der Waals surface area contributed by atoms with Crippen LogP contribution in [0.5, 0.6) is 0 Å². The molecule has 48 heavy (non-hydrogen) atoms. The molecule has 2 aromatic heterocycles. The number of hydrogen-bond donors (Lipinski definition) is 0. The molecule has 0 saturated heterocycles. The first-order valence-corrected chi connectivity index (χ1v) is 17.7. The van der Waals surface area contributed by atoms with E-state index in [1.54, 1.807) is 0 Å². The molecule has 7 aromatic rings. The van der Waals surface area contributed by atoms with Crippen LogP contribution in [0.4, 0.5) is 0 Å². The van der Waals surface area contributed by atoms with Crippen LogP contribution in [0.1, 0.15) is 26.3 Å². The van der Waals surface area contributed by atoms with Gasteiger partial charge in [-0.1, -0.05) is 82.1 Å². The van der Waals surface area contributed by atoms with E-state index in [4.69, 9.17) is 0 Å². The molecule has 0 unspecified atom stereocenters. The molecule has 0 atom stereocenters. The summed E-state index contributed by atoms with van der Waals surface area (Å²) in [5.74, 6) is 0.